The van der Waals surface area contributed by atoms with E-state index in [0.29, 0.717) is 5.56 Å². The minimum atomic E-state index is -0.764. The van der Waals surface area contributed by atoms with Crippen LogP contribution in [0.4, 0.5) is 4.39 Å². The minimum Gasteiger partial charge on any atom is -0.465 e. The molecule has 0 fully saturated rings. The smallest absolute Gasteiger partial charge is 0.348 e. The molecule has 0 aliphatic heterocycles. The standard InChI is InChI=1S/C18H12FNO4/c1-23-17(21)14(11-20)8-12-4-2-7-16(9-12)24-18(22)13-5-3-6-15(19)10-13/h2-10H,1H3/b14-8+. The largest absolute Gasteiger partial charge is 0.465 e. The first kappa shape index (κ1) is 16.9. The third-order valence-electron chi connectivity index (χ3n) is 2.97. The molecule has 6 heteroatoms. The molecule has 0 aliphatic rings. The van der Waals surface area contributed by atoms with Crippen molar-refractivity contribution in [2.45, 2.75) is 0 Å². The van der Waals surface area contributed by atoms with E-state index < -0.39 is 17.8 Å². The number of rotatable bonds is 4. The second kappa shape index (κ2) is 7.70. The van der Waals surface area contributed by atoms with E-state index in [4.69, 9.17) is 10.00 Å². The van der Waals surface area contributed by atoms with E-state index >= 15 is 0 Å². The van der Waals surface area contributed by atoms with Crippen molar-refractivity contribution >= 4 is 18.0 Å². The fraction of sp³-hybridized carbons (Fsp3) is 0.0556. The number of halogens is 1. The second-order valence-electron chi connectivity index (χ2n) is 4.63. The predicted molar refractivity (Wildman–Crippen MR) is 83.4 cm³/mol. The Morgan fingerprint density at radius 1 is 1.17 bits per heavy atom. The maximum atomic E-state index is 13.1. The van der Waals surface area contributed by atoms with Crippen LogP contribution in [-0.4, -0.2) is 19.0 Å². The van der Waals surface area contributed by atoms with E-state index in [-0.39, 0.29) is 16.9 Å². The third-order valence-corrected chi connectivity index (χ3v) is 2.97. The van der Waals surface area contributed by atoms with Crippen LogP contribution in [0.3, 0.4) is 0 Å². The molecule has 0 aromatic heterocycles. The molecule has 0 bridgehead atoms. The second-order valence-corrected chi connectivity index (χ2v) is 4.63. The lowest BCUT2D eigenvalue weighted by atomic mass is 10.1. The molecule has 0 N–H and O–H groups in total. The summed E-state index contributed by atoms with van der Waals surface area (Å²) in [4.78, 5) is 23.4. The molecule has 24 heavy (non-hydrogen) atoms. The average molecular weight is 325 g/mol. The molecule has 0 aliphatic carbocycles. The van der Waals surface area contributed by atoms with Crippen molar-refractivity contribution in [3.63, 3.8) is 0 Å². The lowest BCUT2D eigenvalue weighted by molar-refractivity contribution is -0.135. The van der Waals surface area contributed by atoms with E-state index in [9.17, 15) is 14.0 Å². The molecule has 120 valence electrons. The van der Waals surface area contributed by atoms with E-state index in [0.717, 1.165) is 6.07 Å². The number of carbonyl (C=O) groups is 2. The number of esters is 2. The Balaban J connectivity index is 2.22. The molecule has 0 saturated heterocycles. The molecule has 0 heterocycles. The van der Waals surface area contributed by atoms with Crippen molar-refractivity contribution in [1.29, 1.82) is 5.26 Å². The number of nitrogens with zero attached hydrogens (tertiary/aromatic N) is 1. The molecular formula is C18H12FNO4. The van der Waals surface area contributed by atoms with E-state index in [1.165, 1.54) is 43.5 Å². The number of nitriles is 1. The Kier molecular flexibility index (Phi) is 5.42. The summed E-state index contributed by atoms with van der Waals surface area (Å²) in [6.45, 7) is 0. The first-order valence-corrected chi connectivity index (χ1v) is 6.81. The quantitative estimate of drug-likeness (QED) is 0.373. The van der Waals surface area contributed by atoms with Crippen LogP contribution < -0.4 is 4.74 Å². The highest BCUT2D eigenvalue weighted by Crippen LogP contribution is 2.18. The summed E-state index contributed by atoms with van der Waals surface area (Å²) < 4.78 is 22.8. The van der Waals surface area contributed by atoms with E-state index in [2.05, 4.69) is 4.74 Å². The Bertz CT molecular complexity index is 852. The molecule has 0 radical (unpaired) electrons. The van der Waals surface area contributed by atoms with Gasteiger partial charge in [-0.1, -0.05) is 18.2 Å². The zero-order chi connectivity index (χ0) is 17.5. The van der Waals surface area contributed by atoms with Crippen molar-refractivity contribution in [2.24, 2.45) is 0 Å². The molecule has 0 saturated carbocycles. The normalized spacial score (nSPS) is 10.6. The van der Waals surface area contributed by atoms with Crippen LogP contribution in [0.2, 0.25) is 0 Å². The first-order valence-electron chi connectivity index (χ1n) is 6.81. The molecule has 0 atom stereocenters. The molecular weight excluding hydrogens is 313 g/mol. The molecule has 2 aromatic carbocycles. The highest BCUT2D eigenvalue weighted by molar-refractivity contribution is 5.98. The van der Waals surface area contributed by atoms with Gasteiger partial charge in [-0.3, -0.25) is 0 Å². The number of ether oxygens (including phenoxy) is 2. The number of methoxy groups -OCH3 is 1. The molecule has 0 amide bonds. The van der Waals surface area contributed by atoms with Gasteiger partial charge in [0.2, 0.25) is 0 Å². The van der Waals surface area contributed by atoms with Gasteiger partial charge in [-0.15, -0.1) is 0 Å². The minimum absolute atomic E-state index is 0.0724. The van der Waals surface area contributed by atoms with Gasteiger partial charge in [0, 0.05) is 0 Å². The Morgan fingerprint density at radius 3 is 2.58 bits per heavy atom. The fourth-order valence-corrected chi connectivity index (χ4v) is 1.86. The molecule has 5 nitrogen and oxygen atoms in total. The zero-order valence-electron chi connectivity index (χ0n) is 12.7. The Hall–Kier alpha value is -3.46. The summed E-state index contributed by atoms with van der Waals surface area (Å²) in [6, 6.07) is 13.1. The van der Waals surface area contributed by atoms with Crippen LogP contribution in [0, 0.1) is 17.1 Å². The van der Waals surface area contributed by atoms with Crippen LogP contribution >= 0.6 is 0 Å². The summed E-state index contributed by atoms with van der Waals surface area (Å²) in [5.74, 6) is -1.83. The summed E-state index contributed by atoms with van der Waals surface area (Å²) in [5, 5.41) is 8.94. The summed E-state index contributed by atoms with van der Waals surface area (Å²) in [7, 11) is 1.17. The predicted octanol–water partition coefficient (Wildman–Crippen LogP) is 3.12. The van der Waals surface area contributed by atoms with Gasteiger partial charge in [-0.25, -0.2) is 14.0 Å². The summed E-state index contributed by atoms with van der Waals surface area (Å²) in [5.41, 5.74) is 0.357. The van der Waals surface area contributed by atoms with E-state index in [1.807, 2.05) is 0 Å². The summed E-state index contributed by atoms with van der Waals surface area (Å²) in [6.07, 6.45) is 1.31. The van der Waals surface area contributed by atoms with E-state index in [1.54, 1.807) is 18.2 Å². The average Bonchev–Trinajstić information content (AvgIpc) is 2.59. The Labute approximate surface area is 137 Å². The van der Waals surface area contributed by atoms with Gasteiger partial charge in [0.25, 0.3) is 0 Å². The van der Waals surface area contributed by atoms with Gasteiger partial charge in [-0.2, -0.15) is 5.26 Å². The molecule has 2 aromatic rings. The van der Waals surface area contributed by atoms with Gasteiger partial charge in [0.15, 0.2) is 0 Å². The van der Waals surface area contributed by atoms with Gasteiger partial charge in [0.1, 0.15) is 23.2 Å². The van der Waals surface area contributed by atoms with Crippen LogP contribution in [0.5, 0.6) is 5.75 Å². The highest BCUT2D eigenvalue weighted by atomic mass is 19.1. The van der Waals surface area contributed by atoms with Crippen molar-refractivity contribution in [1.82, 2.24) is 0 Å². The lowest BCUT2D eigenvalue weighted by Crippen LogP contribution is -2.08. The first-order chi connectivity index (χ1) is 11.5. The number of benzene rings is 2. The van der Waals surface area contributed by atoms with Gasteiger partial charge < -0.3 is 9.47 Å². The SMILES string of the molecule is COC(=O)/C(C#N)=C/c1cccc(OC(=O)c2cccc(F)c2)c1. The van der Waals surface area contributed by atoms with Crippen LogP contribution in [0.1, 0.15) is 15.9 Å². The third kappa shape index (κ3) is 4.27. The number of hydrogen-bond donors (Lipinski definition) is 0. The van der Waals surface area contributed by atoms with Gasteiger partial charge in [-0.05, 0) is 42.0 Å². The van der Waals surface area contributed by atoms with Crippen molar-refractivity contribution in [3.05, 3.63) is 71.0 Å². The summed E-state index contributed by atoms with van der Waals surface area (Å²) >= 11 is 0. The van der Waals surface area contributed by atoms with Gasteiger partial charge >= 0.3 is 11.9 Å². The van der Waals surface area contributed by atoms with Crippen molar-refractivity contribution in [2.75, 3.05) is 7.11 Å². The van der Waals surface area contributed by atoms with Crippen molar-refractivity contribution < 1.29 is 23.5 Å². The zero-order valence-corrected chi connectivity index (χ0v) is 12.7. The van der Waals surface area contributed by atoms with Crippen LogP contribution in [0.25, 0.3) is 6.08 Å². The lowest BCUT2D eigenvalue weighted by Gasteiger charge is -2.05. The highest BCUT2D eigenvalue weighted by Gasteiger charge is 2.11. The number of carbonyl (C=O) groups excluding carboxylic acids is 2. The monoisotopic (exact) mass is 325 g/mol. The molecule has 0 unspecified atom stereocenters. The van der Waals surface area contributed by atoms with Crippen molar-refractivity contribution in [3.8, 4) is 11.8 Å². The maximum Gasteiger partial charge on any atom is 0.348 e. The Morgan fingerprint density at radius 2 is 1.92 bits per heavy atom. The topological polar surface area (TPSA) is 76.4 Å². The molecule has 2 rings (SSSR count). The van der Waals surface area contributed by atoms with Crippen LogP contribution in [0.15, 0.2) is 54.1 Å². The maximum absolute atomic E-state index is 13.1. The van der Waals surface area contributed by atoms with Crippen LogP contribution in [-0.2, 0) is 9.53 Å². The fourth-order valence-electron chi connectivity index (χ4n) is 1.86. The molecule has 0 spiro atoms. The number of hydrogen-bond acceptors (Lipinski definition) is 5. The van der Waals surface area contributed by atoms with Gasteiger partial charge in [0.05, 0.1) is 12.7 Å².